The number of hydrogen-bond donors (Lipinski definition) is 1. The number of nitrogens with zero attached hydrogens (tertiary/aromatic N) is 2. The van der Waals surface area contributed by atoms with E-state index < -0.39 is 4.92 Å². The molecule has 0 saturated heterocycles. The van der Waals surface area contributed by atoms with Crippen LogP contribution in [0, 0.1) is 10.1 Å². The van der Waals surface area contributed by atoms with Crippen molar-refractivity contribution in [3.8, 4) is 0 Å². The van der Waals surface area contributed by atoms with Crippen LogP contribution in [0.4, 0.5) is 10.8 Å². The van der Waals surface area contributed by atoms with Crippen molar-refractivity contribution in [2.75, 3.05) is 11.6 Å². The predicted molar refractivity (Wildman–Crippen MR) is 108 cm³/mol. The Morgan fingerprint density at radius 1 is 1.15 bits per heavy atom. The average molecular weight is 401 g/mol. The minimum Gasteiger partial charge on any atom is -0.297 e. The molecule has 26 heavy (non-hydrogen) atoms. The lowest BCUT2D eigenvalue weighted by Crippen LogP contribution is -2.09. The fraction of sp³-hybridized carbons (Fsp3) is 0.0588. The Balaban J connectivity index is 1.61. The number of carbonyl (C=O) groups excluding carboxylic acids is 1. The minimum atomic E-state index is -0.444. The van der Waals surface area contributed by atoms with Crippen LogP contribution < -0.4 is 5.32 Å². The monoisotopic (exact) mass is 401 g/mol. The minimum absolute atomic E-state index is 0.0121. The first-order chi connectivity index (χ1) is 12.5. The maximum absolute atomic E-state index is 12.5. The van der Waals surface area contributed by atoms with Crippen molar-refractivity contribution in [3.63, 3.8) is 0 Å². The van der Waals surface area contributed by atoms with Gasteiger partial charge in [0.1, 0.15) is 0 Å². The van der Waals surface area contributed by atoms with E-state index in [0.29, 0.717) is 15.4 Å². The molecule has 0 unspecified atom stereocenters. The number of hydrogen-bond acceptors (Lipinski definition) is 7. The molecule has 0 bridgehead atoms. The Labute approximate surface area is 160 Å². The molecule has 4 aromatic rings. The summed E-state index contributed by atoms with van der Waals surface area (Å²) >= 11 is 4.37. The van der Waals surface area contributed by atoms with Gasteiger partial charge in [0.2, 0.25) is 0 Å². The number of fused-ring (bicyclic) bond motifs is 2. The first-order valence-electron chi connectivity index (χ1n) is 7.47. The van der Waals surface area contributed by atoms with Crippen LogP contribution in [0.25, 0.3) is 20.3 Å². The number of nitrogens with one attached hydrogen (secondary N) is 1. The van der Waals surface area contributed by atoms with Crippen LogP contribution in [0.1, 0.15) is 9.67 Å². The van der Waals surface area contributed by atoms with E-state index >= 15 is 0 Å². The molecule has 1 amide bonds. The number of non-ortho nitro benzene ring substituents is 1. The quantitative estimate of drug-likeness (QED) is 0.281. The number of thiazole rings is 1. The Morgan fingerprint density at radius 2 is 2.00 bits per heavy atom. The van der Waals surface area contributed by atoms with Gasteiger partial charge >= 0.3 is 0 Å². The third kappa shape index (κ3) is 3.16. The van der Waals surface area contributed by atoms with Crippen LogP contribution in [0.15, 0.2) is 47.4 Å². The number of anilines is 1. The Kier molecular flexibility index (Phi) is 4.35. The third-order valence-electron chi connectivity index (χ3n) is 3.75. The molecule has 6 nitrogen and oxygen atoms in total. The molecule has 2 heterocycles. The van der Waals surface area contributed by atoms with Crippen molar-refractivity contribution >= 4 is 71.5 Å². The zero-order chi connectivity index (χ0) is 18.3. The number of thioether (sulfide) groups is 1. The van der Waals surface area contributed by atoms with Gasteiger partial charge in [-0.1, -0.05) is 11.3 Å². The summed E-state index contributed by atoms with van der Waals surface area (Å²) < 4.78 is 1.84. The van der Waals surface area contributed by atoms with Crippen molar-refractivity contribution in [3.05, 3.63) is 57.5 Å². The van der Waals surface area contributed by atoms with Crippen LogP contribution in [-0.4, -0.2) is 22.1 Å². The van der Waals surface area contributed by atoms with Gasteiger partial charge in [-0.25, -0.2) is 4.98 Å². The second-order valence-electron chi connectivity index (χ2n) is 5.40. The average Bonchev–Trinajstić information content (AvgIpc) is 3.23. The topological polar surface area (TPSA) is 85.1 Å². The maximum Gasteiger partial charge on any atom is 0.270 e. The molecular formula is C17H11N3O3S3. The molecule has 2 aromatic heterocycles. The molecule has 0 saturated carbocycles. The molecule has 4 rings (SSSR count). The van der Waals surface area contributed by atoms with Gasteiger partial charge in [-0.15, -0.1) is 23.1 Å². The molecule has 0 aliphatic rings. The van der Waals surface area contributed by atoms with Crippen molar-refractivity contribution in [1.29, 1.82) is 0 Å². The molecule has 0 atom stereocenters. The van der Waals surface area contributed by atoms with Gasteiger partial charge in [-0.2, -0.15) is 0 Å². The summed E-state index contributed by atoms with van der Waals surface area (Å²) in [6.07, 6.45) is 2.01. The molecule has 130 valence electrons. The van der Waals surface area contributed by atoms with E-state index in [-0.39, 0.29) is 11.6 Å². The lowest BCUT2D eigenvalue weighted by molar-refractivity contribution is -0.384. The lowest BCUT2D eigenvalue weighted by Gasteiger charge is -1.96. The maximum atomic E-state index is 12.5. The van der Waals surface area contributed by atoms with Gasteiger partial charge in [0.05, 0.1) is 20.0 Å². The van der Waals surface area contributed by atoms with Crippen LogP contribution in [0.5, 0.6) is 0 Å². The molecule has 0 spiro atoms. The van der Waals surface area contributed by atoms with Crippen LogP contribution >= 0.6 is 34.4 Å². The summed E-state index contributed by atoms with van der Waals surface area (Å²) in [5, 5.41) is 14.9. The highest BCUT2D eigenvalue weighted by molar-refractivity contribution is 7.98. The Hall–Kier alpha value is -2.49. The lowest BCUT2D eigenvalue weighted by atomic mass is 10.2. The summed E-state index contributed by atoms with van der Waals surface area (Å²) in [5.74, 6) is -0.266. The number of amides is 1. The SMILES string of the molecule is CSc1ccc2nc(NC(=O)c3cc4cc([N+](=O)[O-])ccc4s3)sc2c1. The molecule has 1 N–H and O–H groups in total. The van der Waals surface area contributed by atoms with Crippen LogP contribution in [-0.2, 0) is 0 Å². The number of nitro benzene ring substituents is 1. The van der Waals surface area contributed by atoms with E-state index in [4.69, 9.17) is 0 Å². The van der Waals surface area contributed by atoms with E-state index in [1.165, 1.54) is 34.8 Å². The van der Waals surface area contributed by atoms with E-state index in [2.05, 4.69) is 10.3 Å². The highest BCUT2D eigenvalue weighted by Gasteiger charge is 2.15. The summed E-state index contributed by atoms with van der Waals surface area (Å²) in [6.45, 7) is 0. The first kappa shape index (κ1) is 17.0. The molecular weight excluding hydrogens is 390 g/mol. The number of aromatic nitrogens is 1. The van der Waals surface area contributed by atoms with Crippen LogP contribution in [0.2, 0.25) is 0 Å². The van der Waals surface area contributed by atoms with Crippen LogP contribution in [0.3, 0.4) is 0 Å². The number of nitro groups is 1. The fourth-order valence-electron chi connectivity index (χ4n) is 2.50. The van der Waals surface area contributed by atoms with Crippen molar-refractivity contribution < 1.29 is 9.72 Å². The van der Waals surface area contributed by atoms with E-state index in [1.54, 1.807) is 23.9 Å². The highest BCUT2D eigenvalue weighted by atomic mass is 32.2. The van der Waals surface area contributed by atoms with E-state index in [9.17, 15) is 14.9 Å². The number of thiophene rings is 1. The van der Waals surface area contributed by atoms with Gasteiger partial charge in [0, 0.05) is 27.1 Å². The van der Waals surface area contributed by atoms with Gasteiger partial charge < -0.3 is 0 Å². The third-order valence-corrected chi connectivity index (χ3v) is 6.52. The van der Waals surface area contributed by atoms with Gasteiger partial charge in [0.15, 0.2) is 5.13 Å². The predicted octanol–water partition coefficient (Wildman–Crippen LogP) is 5.39. The zero-order valence-corrected chi connectivity index (χ0v) is 15.8. The van der Waals surface area contributed by atoms with Crippen molar-refractivity contribution in [2.45, 2.75) is 4.90 Å². The Morgan fingerprint density at radius 3 is 2.77 bits per heavy atom. The summed E-state index contributed by atoms with van der Waals surface area (Å²) in [6, 6.07) is 12.2. The molecule has 0 aliphatic carbocycles. The number of benzene rings is 2. The smallest absolute Gasteiger partial charge is 0.270 e. The largest absolute Gasteiger partial charge is 0.297 e. The highest BCUT2D eigenvalue weighted by Crippen LogP contribution is 2.32. The molecule has 0 fully saturated rings. The molecule has 9 heteroatoms. The molecule has 0 aliphatic heterocycles. The molecule has 2 aromatic carbocycles. The van der Waals surface area contributed by atoms with E-state index in [0.717, 1.165) is 19.8 Å². The summed E-state index contributed by atoms with van der Waals surface area (Å²) in [5.41, 5.74) is 0.855. The standard InChI is InChI=1S/C17H11N3O3S3/c1-24-11-3-4-12-14(8-11)26-17(18-12)19-16(21)15-7-9-6-10(20(22)23)2-5-13(9)25-15/h2-8H,1H3,(H,18,19,21). The zero-order valence-electron chi connectivity index (χ0n) is 13.4. The van der Waals surface area contributed by atoms with Gasteiger partial charge in [-0.05, 0) is 36.6 Å². The Bertz CT molecular complexity index is 1170. The molecule has 0 radical (unpaired) electrons. The fourth-order valence-corrected chi connectivity index (χ4v) is 4.85. The second kappa shape index (κ2) is 6.67. The number of rotatable bonds is 4. The summed E-state index contributed by atoms with van der Waals surface area (Å²) in [4.78, 5) is 29.0. The van der Waals surface area contributed by atoms with Crippen molar-refractivity contribution in [1.82, 2.24) is 4.98 Å². The summed E-state index contributed by atoms with van der Waals surface area (Å²) in [7, 11) is 0. The van der Waals surface area contributed by atoms with Gasteiger partial charge in [0.25, 0.3) is 11.6 Å². The van der Waals surface area contributed by atoms with E-state index in [1.807, 2.05) is 24.5 Å². The second-order valence-corrected chi connectivity index (χ2v) is 8.39. The number of carbonyl (C=O) groups is 1. The van der Waals surface area contributed by atoms with Gasteiger partial charge in [-0.3, -0.25) is 20.2 Å². The van der Waals surface area contributed by atoms with Crippen molar-refractivity contribution in [2.24, 2.45) is 0 Å². The normalized spacial score (nSPS) is 11.1. The first-order valence-corrected chi connectivity index (χ1v) is 10.3.